The number of hydrogen-bond acceptors (Lipinski definition) is 3. The maximum Gasteiger partial charge on any atom is 1.00 e. The van der Waals surface area contributed by atoms with Gasteiger partial charge in [0.25, 0.3) is 0 Å². The zero-order chi connectivity index (χ0) is 6.97. The largest absolute Gasteiger partial charge is 1.00 e. The van der Waals surface area contributed by atoms with Crippen molar-refractivity contribution < 1.29 is 33.4 Å². The first-order valence-electron chi connectivity index (χ1n) is 2.93. The average Bonchev–Trinajstić information content (AvgIpc) is 2.33. The third-order valence-corrected chi connectivity index (χ3v) is 1.34. The Balaban J connectivity index is 0.000000605. The SMILES string of the molecule is [Li+].[O-]c1ccc2c(c1)OCO2. The Morgan fingerprint density at radius 3 is 2.73 bits per heavy atom. The van der Waals surface area contributed by atoms with Gasteiger partial charge in [-0.05, 0) is 12.1 Å². The van der Waals surface area contributed by atoms with E-state index in [2.05, 4.69) is 0 Å². The Hall–Kier alpha value is -0.783. The molecule has 52 valence electrons. The molecule has 1 heterocycles. The molecule has 0 bridgehead atoms. The standard InChI is InChI=1S/C7H6O3.Li/c8-5-1-2-6-7(3-5)10-4-9-6;/h1-3,8H,4H2;/q;+1/p-1. The van der Waals surface area contributed by atoms with Gasteiger partial charge in [0, 0.05) is 0 Å². The molecule has 1 aliphatic heterocycles. The van der Waals surface area contributed by atoms with Crippen LogP contribution in [0.1, 0.15) is 0 Å². The summed E-state index contributed by atoms with van der Waals surface area (Å²) < 4.78 is 9.95. The summed E-state index contributed by atoms with van der Waals surface area (Å²) in [6.07, 6.45) is 0. The minimum absolute atomic E-state index is 0. The number of rotatable bonds is 0. The van der Waals surface area contributed by atoms with Gasteiger partial charge in [-0.2, -0.15) is 0 Å². The summed E-state index contributed by atoms with van der Waals surface area (Å²) in [6.45, 7) is 0.221. The van der Waals surface area contributed by atoms with Crippen molar-refractivity contribution in [3.63, 3.8) is 0 Å². The van der Waals surface area contributed by atoms with Crippen molar-refractivity contribution in [3.8, 4) is 17.2 Å². The zero-order valence-corrected chi connectivity index (χ0v) is 6.16. The van der Waals surface area contributed by atoms with E-state index >= 15 is 0 Å². The first-order valence-corrected chi connectivity index (χ1v) is 2.93. The number of fused-ring (bicyclic) bond motifs is 1. The predicted octanol–water partition coefficient (Wildman–Crippen LogP) is -2.51. The fraction of sp³-hybridized carbons (Fsp3) is 0.143. The molecule has 0 radical (unpaired) electrons. The first-order chi connectivity index (χ1) is 4.86. The molecule has 0 atom stereocenters. The molecule has 1 aromatic rings. The van der Waals surface area contributed by atoms with E-state index in [1.807, 2.05) is 0 Å². The minimum Gasteiger partial charge on any atom is -0.872 e. The Morgan fingerprint density at radius 2 is 1.91 bits per heavy atom. The van der Waals surface area contributed by atoms with Gasteiger partial charge in [-0.15, -0.1) is 5.75 Å². The molecule has 0 spiro atoms. The van der Waals surface area contributed by atoms with Gasteiger partial charge in [0.15, 0.2) is 11.5 Å². The molecule has 2 rings (SSSR count). The summed E-state index contributed by atoms with van der Waals surface area (Å²) in [5.41, 5.74) is 0. The van der Waals surface area contributed by atoms with Gasteiger partial charge in [0.2, 0.25) is 6.79 Å². The van der Waals surface area contributed by atoms with Crippen LogP contribution in [-0.4, -0.2) is 6.79 Å². The summed E-state index contributed by atoms with van der Waals surface area (Å²) in [6, 6.07) is 4.49. The summed E-state index contributed by atoms with van der Waals surface area (Å²) in [5.74, 6) is 1.15. The molecule has 0 aromatic heterocycles. The molecule has 0 N–H and O–H groups in total. The van der Waals surface area contributed by atoms with Crippen molar-refractivity contribution in [1.82, 2.24) is 0 Å². The van der Waals surface area contributed by atoms with Crippen LogP contribution in [0, 0.1) is 0 Å². The van der Waals surface area contributed by atoms with Crippen molar-refractivity contribution in [2.45, 2.75) is 0 Å². The van der Waals surface area contributed by atoms with E-state index in [1.54, 1.807) is 6.07 Å². The van der Waals surface area contributed by atoms with Crippen LogP contribution in [0.5, 0.6) is 17.2 Å². The molecule has 1 aromatic carbocycles. The molecule has 0 saturated heterocycles. The van der Waals surface area contributed by atoms with E-state index in [9.17, 15) is 5.11 Å². The molecule has 0 amide bonds. The molecule has 0 fully saturated rings. The molecule has 3 nitrogen and oxygen atoms in total. The maximum atomic E-state index is 10.7. The molecule has 1 aliphatic rings. The van der Waals surface area contributed by atoms with E-state index in [4.69, 9.17) is 9.47 Å². The van der Waals surface area contributed by atoms with Crippen molar-refractivity contribution in [2.24, 2.45) is 0 Å². The second-order valence-electron chi connectivity index (χ2n) is 2.02. The van der Waals surface area contributed by atoms with Gasteiger partial charge in [-0.25, -0.2) is 0 Å². The van der Waals surface area contributed by atoms with Crippen LogP contribution in [0.3, 0.4) is 0 Å². The van der Waals surface area contributed by atoms with Crippen molar-refractivity contribution in [2.75, 3.05) is 6.79 Å². The van der Waals surface area contributed by atoms with Crippen LogP contribution in [0.15, 0.2) is 18.2 Å². The molecule has 0 unspecified atom stereocenters. The number of hydrogen-bond donors (Lipinski definition) is 0. The molecule has 0 aliphatic carbocycles. The van der Waals surface area contributed by atoms with E-state index in [-0.39, 0.29) is 31.4 Å². The van der Waals surface area contributed by atoms with Crippen LogP contribution in [-0.2, 0) is 0 Å². The number of benzene rings is 1. The monoisotopic (exact) mass is 144 g/mol. The molecule has 11 heavy (non-hydrogen) atoms. The van der Waals surface area contributed by atoms with Crippen molar-refractivity contribution in [1.29, 1.82) is 0 Å². The van der Waals surface area contributed by atoms with Crippen LogP contribution in [0.4, 0.5) is 0 Å². The van der Waals surface area contributed by atoms with E-state index < -0.39 is 0 Å². The first kappa shape index (κ1) is 8.32. The second-order valence-corrected chi connectivity index (χ2v) is 2.02. The predicted molar refractivity (Wildman–Crippen MR) is 32.0 cm³/mol. The fourth-order valence-electron chi connectivity index (χ4n) is 0.877. The van der Waals surface area contributed by atoms with E-state index in [0.717, 1.165) is 0 Å². The minimum atomic E-state index is -0.0516. The van der Waals surface area contributed by atoms with Gasteiger partial charge in [-0.3, -0.25) is 0 Å². The zero-order valence-electron chi connectivity index (χ0n) is 6.16. The summed E-state index contributed by atoms with van der Waals surface area (Å²) in [4.78, 5) is 0. The Labute approximate surface area is 76.1 Å². The summed E-state index contributed by atoms with van der Waals surface area (Å²) in [7, 11) is 0. The van der Waals surface area contributed by atoms with E-state index in [0.29, 0.717) is 11.5 Å². The molecule has 4 heteroatoms. The summed E-state index contributed by atoms with van der Waals surface area (Å²) >= 11 is 0. The summed E-state index contributed by atoms with van der Waals surface area (Å²) in [5, 5.41) is 10.7. The molecule has 0 saturated carbocycles. The van der Waals surface area contributed by atoms with Crippen LogP contribution >= 0.6 is 0 Å². The Bertz CT molecular complexity index is 262. The van der Waals surface area contributed by atoms with Crippen LogP contribution in [0.25, 0.3) is 0 Å². The van der Waals surface area contributed by atoms with Gasteiger partial charge in [0.1, 0.15) is 0 Å². The fourth-order valence-corrected chi connectivity index (χ4v) is 0.877. The van der Waals surface area contributed by atoms with Gasteiger partial charge in [-0.1, -0.05) is 6.07 Å². The normalized spacial score (nSPS) is 12.4. The van der Waals surface area contributed by atoms with Gasteiger partial charge in [0.05, 0.1) is 0 Å². The number of ether oxygens (including phenoxy) is 2. The van der Waals surface area contributed by atoms with Crippen molar-refractivity contribution >= 4 is 0 Å². The van der Waals surface area contributed by atoms with Gasteiger partial charge < -0.3 is 14.6 Å². The Kier molecular flexibility index (Phi) is 2.33. The van der Waals surface area contributed by atoms with Crippen LogP contribution in [0.2, 0.25) is 0 Å². The smallest absolute Gasteiger partial charge is 0.872 e. The third kappa shape index (κ3) is 1.45. The quantitative estimate of drug-likeness (QED) is 0.378. The second kappa shape index (κ2) is 3.08. The maximum absolute atomic E-state index is 10.7. The Morgan fingerprint density at radius 1 is 1.18 bits per heavy atom. The third-order valence-electron chi connectivity index (χ3n) is 1.34. The average molecular weight is 144 g/mol. The topological polar surface area (TPSA) is 41.5 Å². The van der Waals surface area contributed by atoms with Gasteiger partial charge >= 0.3 is 18.9 Å². The molecular formula is C7H5LiO3. The van der Waals surface area contributed by atoms with Crippen LogP contribution < -0.4 is 33.4 Å². The van der Waals surface area contributed by atoms with E-state index in [1.165, 1.54) is 12.1 Å². The molecular weight excluding hydrogens is 139 g/mol. The van der Waals surface area contributed by atoms with Crippen molar-refractivity contribution in [3.05, 3.63) is 18.2 Å².